The van der Waals surface area contributed by atoms with Crippen LogP contribution in [0.1, 0.15) is 54.7 Å². The maximum atomic E-state index is 4.61. The summed E-state index contributed by atoms with van der Waals surface area (Å²) < 4.78 is 0. The van der Waals surface area contributed by atoms with Crippen LogP contribution in [0.15, 0.2) is 6.07 Å². The van der Waals surface area contributed by atoms with Gasteiger partial charge < -0.3 is 5.32 Å². The van der Waals surface area contributed by atoms with Gasteiger partial charge >= 0.3 is 0 Å². The molecule has 2 atom stereocenters. The molecule has 2 rings (SSSR count). The number of aryl methyl sites for hydroxylation is 3. The van der Waals surface area contributed by atoms with Gasteiger partial charge in [0.1, 0.15) is 0 Å². The molecule has 0 aromatic carbocycles. The number of hydrogen-bond acceptors (Lipinski definition) is 3. The van der Waals surface area contributed by atoms with E-state index in [4.69, 9.17) is 0 Å². The molecule has 2 heterocycles. The van der Waals surface area contributed by atoms with Crippen molar-refractivity contribution in [2.75, 3.05) is 12.3 Å². The Morgan fingerprint density at radius 2 is 2.16 bits per heavy atom. The van der Waals surface area contributed by atoms with Gasteiger partial charge in [0.2, 0.25) is 0 Å². The van der Waals surface area contributed by atoms with Crippen LogP contribution in [0.4, 0.5) is 0 Å². The number of thioether (sulfide) groups is 1. The zero-order valence-electron chi connectivity index (χ0n) is 12.6. The van der Waals surface area contributed by atoms with Crippen LogP contribution in [0, 0.1) is 20.8 Å². The van der Waals surface area contributed by atoms with Gasteiger partial charge in [-0.15, -0.1) is 0 Å². The highest BCUT2D eigenvalue weighted by molar-refractivity contribution is 7.99. The van der Waals surface area contributed by atoms with Gasteiger partial charge in [-0.25, -0.2) is 0 Å². The Morgan fingerprint density at radius 3 is 2.79 bits per heavy atom. The number of pyridine rings is 1. The lowest BCUT2D eigenvalue weighted by molar-refractivity contribution is 0.534. The van der Waals surface area contributed by atoms with Crippen molar-refractivity contribution in [1.82, 2.24) is 10.3 Å². The molecular weight excluding hydrogens is 252 g/mol. The molecule has 0 aliphatic carbocycles. The van der Waals surface area contributed by atoms with Crippen molar-refractivity contribution in [2.24, 2.45) is 0 Å². The van der Waals surface area contributed by atoms with Gasteiger partial charge in [0, 0.05) is 29.2 Å². The molecule has 2 unspecified atom stereocenters. The standard InChI is InChI=1S/C16H26N2S/c1-11-9-12(2)18-14(4)16(11)13(3)17-10-15-7-5-6-8-19-15/h9,13,15,17H,5-8,10H2,1-4H3. The van der Waals surface area contributed by atoms with E-state index in [1.165, 1.54) is 41.8 Å². The molecule has 0 spiro atoms. The van der Waals surface area contributed by atoms with E-state index in [2.05, 4.69) is 55.8 Å². The highest BCUT2D eigenvalue weighted by Crippen LogP contribution is 2.26. The number of nitrogens with one attached hydrogen (secondary N) is 1. The van der Waals surface area contributed by atoms with E-state index in [9.17, 15) is 0 Å². The highest BCUT2D eigenvalue weighted by Gasteiger charge is 2.17. The van der Waals surface area contributed by atoms with Gasteiger partial charge in [0.15, 0.2) is 0 Å². The van der Waals surface area contributed by atoms with Crippen LogP contribution in [-0.4, -0.2) is 22.5 Å². The summed E-state index contributed by atoms with van der Waals surface area (Å²) in [4.78, 5) is 4.61. The molecule has 2 nitrogen and oxygen atoms in total. The fraction of sp³-hybridized carbons (Fsp3) is 0.688. The monoisotopic (exact) mass is 278 g/mol. The minimum atomic E-state index is 0.399. The summed E-state index contributed by atoms with van der Waals surface area (Å²) in [6.45, 7) is 9.78. The Labute approximate surface area is 121 Å². The summed E-state index contributed by atoms with van der Waals surface area (Å²) >= 11 is 2.13. The van der Waals surface area contributed by atoms with Crippen molar-refractivity contribution in [3.8, 4) is 0 Å². The second-order valence-corrected chi connectivity index (χ2v) is 7.11. The minimum Gasteiger partial charge on any atom is -0.309 e. The summed E-state index contributed by atoms with van der Waals surface area (Å²) in [6, 6.07) is 2.59. The third-order valence-corrected chi connectivity index (χ3v) is 5.34. The summed E-state index contributed by atoms with van der Waals surface area (Å²) in [6.07, 6.45) is 4.17. The Hall–Kier alpha value is -0.540. The fourth-order valence-corrected chi connectivity index (χ4v) is 4.32. The maximum Gasteiger partial charge on any atom is 0.0426 e. The first-order valence-corrected chi connectivity index (χ1v) is 8.42. The largest absolute Gasteiger partial charge is 0.309 e. The van der Waals surface area contributed by atoms with Gasteiger partial charge in [0.25, 0.3) is 0 Å². The van der Waals surface area contributed by atoms with Crippen LogP contribution in [0.25, 0.3) is 0 Å². The first kappa shape index (κ1) is 14.9. The predicted octanol–water partition coefficient (Wildman–Crippen LogP) is 3.94. The first-order valence-electron chi connectivity index (χ1n) is 7.37. The molecule has 1 aliphatic rings. The van der Waals surface area contributed by atoms with E-state index in [1.807, 2.05) is 0 Å². The third kappa shape index (κ3) is 3.96. The lowest BCUT2D eigenvalue weighted by Gasteiger charge is -2.25. The second-order valence-electron chi connectivity index (χ2n) is 5.70. The van der Waals surface area contributed by atoms with E-state index in [1.54, 1.807) is 0 Å². The molecule has 1 fully saturated rings. The lowest BCUT2D eigenvalue weighted by Crippen LogP contribution is -2.29. The van der Waals surface area contributed by atoms with Gasteiger partial charge in [-0.1, -0.05) is 6.42 Å². The Bertz CT molecular complexity index is 402. The predicted molar refractivity (Wildman–Crippen MR) is 85.0 cm³/mol. The van der Waals surface area contributed by atoms with Crippen molar-refractivity contribution in [1.29, 1.82) is 0 Å². The van der Waals surface area contributed by atoms with Crippen molar-refractivity contribution >= 4 is 11.8 Å². The van der Waals surface area contributed by atoms with Crippen molar-refractivity contribution < 1.29 is 0 Å². The maximum absolute atomic E-state index is 4.61. The van der Waals surface area contributed by atoms with Crippen molar-refractivity contribution in [3.05, 3.63) is 28.6 Å². The molecule has 19 heavy (non-hydrogen) atoms. The highest BCUT2D eigenvalue weighted by atomic mass is 32.2. The zero-order chi connectivity index (χ0) is 13.8. The molecule has 0 bridgehead atoms. The van der Waals surface area contributed by atoms with Gasteiger partial charge in [-0.3, -0.25) is 4.98 Å². The molecule has 106 valence electrons. The summed E-state index contributed by atoms with van der Waals surface area (Å²) in [5.41, 5.74) is 5.04. The molecule has 1 aromatic heterocycles. The Morgan fingerprint density at radius 1 is 1.37 bits per heavy atom. The second kappa shape index (κ2) is 6.76. The normalized spacial score (nSPS) is 21.4. The van der Waals surface area contributed by atoms with Gasteiger partial charge in [-0.05, 0) is 63.5 Å². The molecule has 1 aliphatic heterocycles. The summed E-state index contributed by atoms with van der Waals surface area (Å²) in [7, 11) is 0. The fourth-order valence-electron chi connectivity index (χ4n) is 3.07. The first-order chi connectivity index (χ1) is 9.08. The van der Waals surface area contributed by atoms with Crippen LogP contribution in [0.5, 0.6) is 0 Å². The molecule has 0 amide bonds. The smallest absolute Gasteiger partial charge is 0.0426 e. The molecule has 0 saturated carbocycles. The lowest BCUT2D eigenvalue weighted by atomic mass is 10.00. The average Bonchev–Trinajstić information content (AvgIpc) is 2.36. The van der Waals surface area contributed by atoms with Crippen LogP contribution in [0.3, 0.4) is 0 Å². The van der Waals surface area contributed by atoms with Crippen molar-refractivity contribution in [2.45, 2.75) is 58.2 Å². The van der Waals surface area contributed by atoms with E-state index in [-0.39, 0.29) is 0 Å². The molecular formula is C16H26N2S. The molecule has 1 saturated heterocycles. The number of nitrogens with zero attached hydrogens (tertiary/aromatic N) is 1. The van der Waals surface area contributed by atoms with Crippen LogP contribution < -0.4 is 5.32 Å². The van der Waals surface area contributed by atoms with E-state index >= 15 is 0 Å². The minimum absolute atomic E-state index is 0.399. The van der Waals surface area contributed by atoms with Gasteiger partial charge in [0.05, 0.1) is 0 Å². The molecule has 3 heteroatoms. The van der Waals surface area contributed by atoms with Crippen molar-refractivity contribution in [3.63, 3.8) is 0 Å². The summed E-state index contributed by atoms with van der Waals surface area (Å²) in [5.74, 6) is 1.34. The zero-order valence-corrected chi connectivity index (χ0v) is 13.4. The number of rotatable bonds is 4. The van der Waals surface area contributed by atoms with E-state index in [0.717, 1.165) is 17.5 Å². The van der Waals surface area contributed by atoms with Gasteiger partial charge in [-0.2, -0.15) is 11.8 Å². The quantitative estimate of drug-likeness (QED) is 0.903. The topological polar surface area (TPSA) is 24.9 Å². The van der Waals surface area contributed by atoms with Crippen LogP contribution in [0.2, 0.25) is 0 Å². The summed E-state index contributed by atoms with van der Waals surface area (Å²) in [5, 5.41) is 4.51. The molecule has 1 N–H and O–H groups in total. The Kier molecular flexibility index (Phi) is 5.28. The number of aromatic nitrogens is 1. The van der Waals surface area contributed by atoms with E-state index in [0.29, 0.717) is 6.04 Å². The SMILES string of the molecule is Cc1cc(C)c(C(C)NCC2CCCCS2)c(C)n1. The van der Waals surface area contributed by atoms with Crippen LogP contribution in [-0.2, 0) is 0 Å². The van der Waals surface area contributed by atoms with Crippen LogP contribution >= 0.6 is 11.8 Å². The molecule has 1 aromatic rings. The average molecular weight is 278 g/mol. The van der Waals surface area contributed by atoms with E-state index < -0.39 is 0 Å². The number of hydrogen-bond donors (Lipinski definition) is 1. The Balaban J connectivity index is 1.97. The molecule has 0 radical (unpaired) electrons. The third-order valence-electron chi connectivity index (χ3n) is 3.94.